The van der Waals surface area contributed by atoms with E-state index in [1.54, 1.807) is 0 Å². The van der Waals surface area contributed by atoms with Crippen LogP contribution in [-0.2, 0) is 12.5 Å². The highest BCUT2D eigenvalue weighted by Crippen LogP contribution is 2.34. The number of fused-ring (bicyclic) bond motifs is 1. The minimum atomic E-state index is -0.808. The predicted octanol–water partition coefficient (Wildman–Crippen LogP) is 5.73. The molecular weight excluding hydrogens is 342 g/mol. The average molecular weight is 369 g/mol. The number of nitriles is 1. The number of para-hydroxylation sites is 1. The molecule has 3 rings (SSSR count). The van der Waals surface area contributed by atoms with Crippen molar-refractivity contribution in [1.82, 2.24) is 0 Å². The van der Waals surface area contributed by atoms with Crippen LogP contribution in [0.4, 0.5) is 0 Å². The molecule has 0 spiro atoms. The second-order valence-electron chi connectivity index (χ2n) is 8.44. The van der Waals surface area contributed by atoms with E-state index in [1.807, 2.05) is 24.3 Å². The van der Waals surface area contributed by atoms with Crippen LogP contribution in [0.1, 0.15) is 49.1 Å². The van der Waals surface area contributed by atoms with Gasteiger partial charge in [0.15, 0.2) is 6.07 Å². The summed E-state index contributed by atoms with van der Waals surface area (Å²) in [7, 11) is 2.05. The van der Waals surface area contributed by atoms with Crippen molar-refractivity contribution in [2.24, 2.45) is 7.05 Å². The molecule has 0 saturated carbocycles. The van der Waals surface area contributed by atoms with Crippen LogP contribution >= 0.6 is 0 Å². The number of hydrogen-bond donors (Lipinski definition) is 0. The third-order valence-corrected chi connectivity index (χ3v) is 5.59. The number of hydrogen-bond acceptors (Lipinski definition) is 1. The molecule has 0 radical (unpaired) electrons. The second-order valence-corrected chi connectivity index (χ2v) is 8.44. The number of aryl methyl sites for hydroxylation is 2. The van der Waals surface area contributed by atoms with Crippen molar-refractivity contribution in [2.75, 3.05) is 0 Å². The first-order chi connectivity index (χ1) is 13.2. The topological polar surface area (TPSA) is 32.0 Å². The molecule has 28 heavy (non-hydrogen) atoms. The monoisotopic (exact) mass is 368 g/mol. The fraction of sp³-hybridized carbons (Fsp3) is 0.320. The SMILES string of the molecule is [C-]#[N+]C(C#N)c1cc(-c2cc(C(C)(C)C)cc(C)c2C)[n+](C)c2ccccc12. The molecule has 0 fully saturated rings. The zero-order chi connectivity index (χ0) is 20.6. The van der Waals surface area contributed by atoms with E-state index in [0.29, 0.717) is 0 Å². The average Bonchev–Trinajstić information content (AvgIpc) is 2.66. The van der Waals surface area contributed by atoms with Gasteiger partial charge < -0.3 is 0 Å². The van der Waals surface area contributed by atoms with Crippen molar-refractivity contribution in [3.63, 3.8) is 0 Å². The molecule has 1 heterocycles. The van der Waals surface area contributed by atoms with E-state index in [9.17, 15) is 5.26 Å². The van der Waals surface area contributed by atoms with Gasteiger partial charge in [-0.15, -0.1) is 0 Å². The molecule has 3 nitrogen and oxygen atoms in total. The zero-order valence-corrected chi connectivity index (χ0v) is 17.5. The van der Waals surface area contributed by atoms with Crippen molar-refractivity contribution in [3.8, 4) is 17.3 Å². The van der Waals surface area contributed by atoms with Crippen LogP contribution in [0.2, 0.25) is 0 Å². The Kier molecular flexibility index (Phi) is 4.97. The molecule has 0 saturated heterocycles. The first-order valence-corrected chi connectivity index (χ1v) is 9.49. The Morgan fingerprint density at radius 3 is 2.39 bits per heavy atom. The fourth-order valence-corrected chi connectivity index (χ4v) is 3.67. The number of nitrogens with zero attached hydrogens (tertiary/aromatic N) is 3. The summed E-state index contributed by atoms with van der Waals surface area (Å²) in [5.74, 6) is 0. The van der Waals surface area contributed by atoms with Gasteiger partial charge in [-0.25, -0.2) is 6.57 Å². The van der Waals surface area contributed by atoms with Gasteiger partial charge >= 0.3 is 6.04 Å². The van der Waals surface area contributed by atoms with Crippen molar-refractivity contribution >= 4 is 10.9 Å². The molecule has 0 aliphatic heterocycles. The van der Waals surface area contributed by atoms with Crippen LogP contribution in [0.25, 0.3) is 27.0 Å². The highest BCUT2D eigenvalue weighted by atomic mass is 14.9. The summed E-state index contributed by atoms with van der Waals surface area (Å²) in [4.78, 5) is 3.57. The number of rotatable bonds is 2. The largest absolute Gasteiger partial charge is 0.333 e. The quantitative estimate of drug-likeness (QED) is 0.420. The summed E-state index contributed by atoms with van der Waals surface area (Å²) >= 11 is 0. The summed E-state index contributed by atoms with van der Waals surface area (Å²) in [5.41, 5.74) is 7.78. The highest BCUT2D eigenvalue weighted by Gasteiger charge is 2.27. The third-order valence-electron chi connectivity index (χ3n) is 5.59. The van der Waals surface area contributed by atoms with Gasteiger partial charge in [-0.1, -0.05) is 39.0 Å². The Labute approximate surface area is 167 Å². The summed E-state index contributed by atoms with van der Waals surface area (Å²) in [6, 6.07) is 15.9. The Balaban J connectivity index is 2.43. The zero-order valence-electron chi connectivity index (χ0n) is 17.5. The number of benzene rings is 2. The lowest BCUT2D eigenvalue weighted by atomic mass is 9.83. The fourth-order valence-electron chi connectivity index (χ4n) is 3.67. The molecule has 140 valence electrons. The van der Waals surface area contributed by atoms with Crippen molar-refractivity contribution in [1.29, 1.82) is 5.26 Å². The Morgan fingerprint density at radius 2 is 1.79 bits per heavy atom. The normalized spacial score (nSPS) is 12.4. The van der Waals surface area contributed by atoms with E-state index in [1.165, 1.54) is 16.7 Å². The van der Waals surface area contributed by atoms with Crippen molar-refractivity contribution in [2.45, 2.75) is 46.1 Å². The van der Waals surface area contributed by atoms with Gasteiger partial charge in [0.2, 0.25) is 11.2 Å². The maximum atomic E-state index is 9.55. The molecular formula is C25H26N3+. The maximum absolute atomic E-state index is 9.55. The molecule has 1 unspecified atom stereocenters. The summed E-state index contributed by atoms with van der Waals surface area (Å²) < 4.78 is 2.17. The molecule has 0 amide bonds. The van der Waals surface area contributed by atoms with E-state index < -0.39 is 6.04 Å². The highest BCUT2D eigenvalue weighted by molar-refractivity contribution is 5.83. The lowest BCUT2D eigenvalue weighted by molar-refractivity contribution is -0.633. The maximum Gasteiger partial charge on any atom is 0.333 e. The van der Waals surface area contributed by atoms with Gasteiger partial charge in [-0.05, 0) is 48.1 Å². The summed E-state index contributed by atoms with van der Waals surface area (Å²) in [5, 5.41) is 10.5. The van der Waals surface area contributed by atoms with Crippen LogP contribution in [0, 0.1) is 31.8 Å². The van der Waals surface area contributed by atoms with Gasteiger partial charge in [0.25, 0.3) is 0 Å². The lowest BCUT2D eigenvalue weighted by Gasteiger charge is -2.22. The third kappa shape index (κ3) is 3.25. The molecule has 2 aromatic carbocycles. The predicted molar refractivity (Wildman–Crippen MR) is 114 cm³/mol. The van der Waals surface area contributed by atoms with Gasteiger partial charge in [-0.2, -0.15) is 9.83 Å². The first-order valence-electron chi connectivity index (χ1n) is 9.49. The van der Waals surface area contributed by atoms with E-state index >= 15 is 0 Å². The molecule has 3 heteroatoms. The van der Waals surface area contributed by atoms with E-state index in [-0.39, 0.29) is 5.41 Å². The number of pyridine rings is 1. The van der Waals surface area contributed by atoms with Crippen LogP contribution in [0.15, 0.2) is 42.5 Å². The van der Waals surface area contributed by atoms with Gasteiger partial charge in [0.1, 0.15) is 7.05 Å². The summed E-state index contributed by atoms with van der Waals surface area (Å²) in [6.45, 7) is 18.4. The number of aromatic nitrogens is 1. The molecule has 1 aromatic heterocycles. The van der Waals surface area contributed by atoms with Gasteiger partial charge in [0.05, 0.1) is 10.9 Å². The van der Waals surface area contributed by atoms with Gasteiger partial charge in [0, 0.05) is 17.7 Å². The Morgan fingerprint density at radius 1 is 1.11 bits per heavy atom. The van der Waals surface area contributed by atoms with E-state index in [4.69, 9.17) is 6.57 Å². The minimum Gasteiger partial charge on any atom is -0.292 e. The van der Waals surface area contributed by atoms with Crippen LogP contribution in [-0.4, -0.2) is 0 Å². The molecule has 0 bridgehead atoms. The summed E-state index contributed by atoms with van der Waals surface area (Å²) in [6.07, 6.45) is 0. The molecule has 0 N–H and O–H groups in total. The molecule has 0 aliphatic carbocycles. The van der Waals surface area contributed by atoms with Crippen LogP contribution in [0.5, 0.6) is 0 Å². The lowest BCUT2D eigenvalue weighted by Crippen LogP contribution is -2.33. The van der Waals surface area contributed by atoms with E-state index in [0.717, 1.165) is 27.7 Å². The molecule has 3 aromatic rings. The second kappa shape index (κ2) is 7.10. The van der Waals surface area contributed by atoms with Crippen molar-refractivity contribution in [3.05, 3.63) is 76.1 Å². The standard InChI is InChI=1S/C25H26N3/c1-16-12-18(25(3,4)5)13-20(17(16)2)24-14-21(22(15-26)27-6)19-10-8-9-11-23(19)28(24)7/h8-14,22H,1-5,7H3/q+1. The van der Waals surface area contributed by atoms with Crippen LogP contribution in [0.3, 0.4) is 0 Å². The molecule has 1 atom stereocenters. The Bertz CT molecular complexity index is 1140. The minimum absolute atomic E-state index is 0.0389. The van der Waals surface area contributed by atoms with Gasteiger partial charge in [-0.3, -0.25) is 4.85 Å². The Hall–Kier alpha value is -3.17. The van der Waals surface area contributed by atoms with Crippen molar-refractivity contribution < 1.29 is 4.57 Å². The first kappa shape index (κ1) is 19.6. The smallest absolute Gasteiger partial charge is 0.292 e. The van der Waals surface area contributed by atoms with Crippen LogP contribution < -0.4 is 4.57 Å². The van der Waals surface area contributed by atoms with E-state index in [2.05, 4.69) is 75.3 Å². The molecule has 0 aliphatic rings.